The fourth-order valence-electron chi connectivity index (χ4n) is 2.07. The van der Waals surface area contributed by atoms with Gasteiger partial charge >= 0.3 is 0 Å². The highest BCUT2D eigenvalue weighted by molar-refractivity contribution is 9.10. The Balaban J connectivity index is 2.25. The van der Waals surface area contributed by atoms with E-state index in [9.17, 15) is 10.1 Å². The lowest BCUT2D eigenvalue weighted by atomic mass is 10.1. The first-order chi connectivity index (χ1) is 10.0. The molecule has 2 rings (SSSR count). The standard InChI is InChI=1S/C14H17BrN4O2/c1-2-11(16)8-13-17-6-7-18(13)9-10-4-3-5-12(14(10)15)19(20)21/h3-7,11H,2,8-9,16H2,1H3. The topological polar surface area (TPSA) is 87.0 Å². The van der Waals surface area contributed by atoms with Gasteiger partial charge in [0, 0.05) is 30.9 Å². The first-order valence-electron chi connectivity index (χ1n) is 6.70. The van der Waals surface area contributed by atoms with E-state index in [0.29, 0.717) is 17.4 Å². The van der Waals surface area contributed by atoms with Crippen molar-refractivity contribution in [3.63, 3.8) is 0 Å². The predicted molar refractivity (Wildman–Crippen MR) is 84.1 cm³/mol. The molecule has 21 heavy (non-hydrogen) atoms. The molecule has 1 aromatic carbocycles. The first-order valence-corrected chi connectivity index (χ1v) is 7.49. The van der Waals surface area contributed by atoms with Crippen molar-refractivity contribution in [1.82, 2.24) is 9.55 Å². The van der Waals surface area contributed by atoms with Gasteiger partial charge in [-0.05, 0) is 27.9 Å². The molecule has 1 heterocycles. The number of hydrogen-bond acceptors (Lipinski definition) is 4. The summed E-state index contributed by atoms with van der Waals surface area (Å²) in [7, 11) is 0. The van der Waals surface area contributed by atoms with E-state index in [1.807, 2.05) is 23.8 Å². The van der Waals surface area contributed by atoms with Gasteiger partial charge in [0.05, 0.1) is 11.5 Å². The number of benzene rings is 1. The summed E-state index contributed by atoms with van der Waals surface area (Å²) in [6.07, 6.45) is 5.16. The van der Waals surface area contributed by atoms with Gasteiger partial charge in [-0.15, -0.1) is 0 Å². The molecule has 0 fully saturated rings. The van der Waals surface area contributed by atoms with Gasteiger partial charge in [-0.3, -0.25) is 10.1 Å². The Morgan fingerprint density at radius 1 is 1.52 bits per heavy atom. The van der Waals surface area contributed by atoms with Crippen molar-refractivity contribution in [3.8, 4) is 0 Å². The summed E-state index contributed by atoms with van der Waals surface area (Å²) in [6.45, 7) is 2.56. The number of rotatable bonds is 6. The zero-order chi connectivity index (χ0) is 15.4. The molecule has 0 bridgehead atoms. The summed E-state index contributed by atoms with van der Waals surface area (Å²) in [5.41, 5.74) is 6.88. The van der Waals surface area contributed by atoms with Crippen LogP contribution in [0.1, 0.15) is 24.7 Å². The van der Waals surface area contributed by atoms with Crippen molar-refractivity contribution >= 4 is 21.6 Å². The minimum atomic E-state index is -0.393. The third-order valence-electron chi connectivity index (χ3n) is 3.37. The minimum absolute atomic E-state index is 0.0689. The van der Waals surface area contributed by atoms with Crippen LogP contribution in [0.15, 0.2) is 35.1 Å². The monoisotopic (exact) mass is 352 g/mol. The minimum Gasteiger partial charge on any atom is -0.330 e. The number of hydrogen-bond donors (Lipinski definition) is 1. The van der Waals surface area contributed by atoms with E-state index in [1.54, 1.807) is 12.3 Å². The third-order valence-corrected chi connectivity index (χ3v) is 4.28. The quantitative estimate of drug-likeness (QED) is 0.639. The Bertz CT molecular complexity index is 642. The molecule has 0 aliphatic heterocycles. The number of aromatic nitrogens is 2. The van der Waals surface area contributed by atoms with Gasteiger partial charge in [-0.2, -0.15) is 0 Å². The molecule has 0 saturated heterocycles. The van der Waals surface area contributed by atoms with Crippen LogP contribution < -0.4 is 5.73 Å². The molecule has 1 unspecified atom stereocenters. The van der Waals surface area contributed by atoms with Crippen molar-refractivity contribution in [2.75, 3.05) is 0 Å². The van der Waals surface area contributed by atoms with Crippen molar-refractivity contribution < 1.29 is 4.92 Å². The maximum absolute atomic E-state index is 11.0. The number of nitro benzene ring substituents is 1. The van der Waals surface area contributed by atoms with Crippen molar-refractivity contribution in [2.45, 2.75) is 32.4 Å². The van der Waals surface area contributed by atoms with Crippen LogP contribution in [0.25, 0.3) is 0 Å². The Morgan fingerprint density at radius 2 is 2.29 bits per heavy atom. The Hall–Kier alpha value is -1.73. The van der Waals surface area contributed by atoms with E-state index < -0.39 is 4.92 Å². The second kappa shape index (κ2) is 6.82. The van der Waals surface area contributed by atoms with Gasteiger partial charge in [0.1, 0.15) is 10.3 Å². The molecule has 1 atom stereocenters. The lowest BCUT2D eigenvalue weighted by Crippen LogP contribution is -2.23. The largest absolute Gasteiger partial charge is 0.330 e. The van der Waals surface area contributed by atoms with E-state index in [2.05, 4.69) is 20.9 Å². The Labute approximate surface area is 131 Å². The normalized spacial score (nSPS) is 12.3. The molecular formula is C14H17BrN4O2. The summed E-state index contributed by atoms with van der Waals surface area (Å²) < 4.78 is 2.48. The number of nitrogens with zero attached hydrogens (tertiary/aromatic N) is 3. The van der Waals surface area contributed by atoms with Crippen molar-refractivity contribution in [1.29, 1.82) is 0 Å². The zero-order valence-electron chi connectivity index (χ0n) is 11.7. The molecule has 0 radical (unpaired) electrons. The van der Waals surface area contributed by atoms with Gasteiger partial charge < -0.3 is 10.3 Å². The third kappa shape index (κ3) is 3.68. The molecule has 0 spiro atoms. The maximum Gasteiger partial charge on any atom is 0.283 e. The summed E-state index contributed by atoms with van der Waals surface area (Å²) in [5, 5.41) is 11.0. The molecule has 0 saturated carbocycles. The van der Waals surface area contributed by atoms with Crippen LogP contribution in [0, 0.1) is 10.1 Å². The Morgan fingerprint density at radius 3 is 2.95 bits per heavy atom. The van der Waals surface area contributed by atoms with E-state index in [4.69, 9.17) is 5.73 Å². The molecular weight excluding hydrogens is 336 g/mol. The highest BCUT2D eigenvalue weighted by atomic mass is 79.9. The smallest absolute Gasteiger partial charge is 0.283 e. The SMILES string of the molecule is CCC(N)Cc1nccn1Cc1cccc([N+](=O)[O-])c1Br. The van der Waals surface area contributed by atoms with Crippen LogP contribution in [0.4, 0.5) is 5.69 Å². The molecule has 6 nitrogen and oxygen atoms in total. The summed E-state index contributed by atoms with van der Waals surface area (Å²) in [5.74, 6) is 0.891. The van der Waals surface area contributed by atoms with Crippen LogP contribution in [-0.4, -0.2) is 20.5 Å². The van der Waals surface area contributed by atoms with E-state index >= 15 is 0 Å². The predicted octanol–water partition coefficient (Wildman–Crippen LogP) is 2.88. The molecule has 2 N–H and O–H groups in total. The van der Waals surface area contributed by atoms with Crippen LogP contribution in [0.2, 0.25) is 0 Å². The van der Waals surface area contributed by atoms with Crippen LogP contribution in [0.3, 0.4) is 0 Å². The second-order valence-electron chi connectivity index (χ2n) is 4.85. The van der Waals surface area contributed by atoms with E-state index in [-0.39, 0.29) is 11.7 Å². The molecule has 0 amide bonds. The highest BCUT2D eigenvalue weighted by Crippen LogP contribution is 2.29. The van der Waals surface area contributed by atoms with Crippen LogP contribution >= 0.6 is 15.9 Å². The fourth-order valence-corrected chi connectivity index (χ4v) is 2.60. The second-order valence-corrected chi connectivity index (χ2v) is 5.64. The summed E-state index contributed by atoms with van der Waals surface area (Å²) in [6, 6.07) is 5.10. The van der Waals surface area contributed by atoms with Gasteiger partial charge in [0.15, 0.2) is 0 Å². The molecule has 0 aliphatic rings. The van der Waals surface area contributed by atoms with Gasteiger partial charge in [0.25, 0.3) is 5.69 Å². The zero-order valence-corrected chi connectivity index (χ0v) is 13.3. The van der Waals surface area contributed by atoms with Crippen molar-refractivity contribution in [3.05, 3.63) is 56.6 Å². The van der Waals surface area contributed by atoms with E-state index in [1.165, 1.54) is 6.07 Å². The maximum atomic E-state index is 11.0. The van der Waals surface area contributed by atoms with Crippen LogP contribution in [0.5, 0.6) is 0 Å². The lowest BCUT2D eigenvalue weighted by molar-refractivity contribution is -0.385. The van der Waals surface area contributed by atoms with Crippen molar-refractivity contribution in [2.24, 2.45) is 5.73 Å². The Kier molecular flexibility index (Phi) is 5.08. The van der Waals surface area contributed by atoms with Gasteiger partial charge in [-0.25, -0.2) is 4.98 Å². The number of imidazole rings is 1. The highest BCUT2D eigenvalue weighted by Gasteiger charge is 2.16. The molecule has 7 heteroatoms. The van der Waals surface area contributed by atoms with E-state index in [0.717, 1.165) is 17.8 Å². The average Bonchev–Trinajstić information content (AvgIpc) is 2.87. The molecule has 1 aromatic heterocycles. The first kappa shape index (κ1) is 15.7. The molecule has 0 aliphatic carbocycles. The van der Waals surface area contributed by atoms with Gasteiger partial charge in [-0.1, -0.05) is 19.1 Å². The number of nitrogens with two attached hydrogens (primary N) is 1. The molecule has 112 valence electrons. The number of halogens is 1. The molecule has 2 aromatic rings. The fraction of sp³-hybridized carbons (Fsp3) is 0.357. The average molecular weight is 353 g/mol. The number of nitro groups is 1. The lowest BCUT2D eigenvalue weighted by Gasteiger charge is -2.12. The summed E-state index contributed by atoms with van der Waals surface area (Å²) in [4.78, 5) is 14.9. The summed E-state index contributed by atoms with van der Waals surface area (Å²) >= 11 is 3.32. The van der Waals surface area contributed by atoms with Crippen LogP contribution in [-0.2, 0) is 13.0 Å². The van der Waals surface area contributed by atoms with Gasteiger partial charge in [0.2, 0.25) is 0 Å².